The summed E-state index contributed by atoms with van der Waals surface area (Å²) in [5, 5.41) is 0. The van der Waals surface area contributed by atoms with E-state index in [1.807, 2.05) is 39.0 Å². The quantitative estimate of drug-likeness (QED) is 0.757. The van der Waals surface area contributed by atoms with Gasteiger partial charge in [-0.1, -0.05) is 51.1 Å². The lowest BCUT2D eigenvalue weighted by Crippen LogP contribution is -2.45. The third-order valence-electron chi connectivity index (χ3n) is 4.19. The molecule has 1 aromatic carbocycles. The van der Waals surface area contributed by atoms with Gasteiger partial charge in [0.05, 0.1) is 6.04 Å². The molecular formula is C18H25NO3S. The molecule has 1 fully saturated rings. The molecule has 126 valence electrons. The zero-order valence-electron chi connectivity index (χ0n) is 14.0. The number of carbonyl (C=O) groups excluding carboxylic acids is 2. The topological polar surface area (TPSA) is 46.6 Å². The molecule has 0 aromatic heterocycles. The third kappa shape index (κ3) is 4.50. The highest BCUT2D eigenvalue weighted by atomic mass is 32.2. The summed E-state index contributed by atoms with van der Waals surface area (Å²) in [5.74, 6) is 1.58. The molecule has 2 unspecified atom stereocenters. The van der Waals surface area contributed by atoms with Gasteiger partial charge in [0.1, 0.15) is 6.61 Å². The highest BCUT2D eigenvalue weighted by Crippen LogP contribution is 2.25. The molecule has 4 nitrogen and oxygen atoms in total. The van der Waals surface area contributed by atoms with Crippen molar-refractivity contribution in [2.24, 2.45) is 11.8 Å². The number of amides is 2. The summed E-state index contributed by atoms with van der Waals surface area (Å²) in [7, 11) is 0. The second-order valence-electron chi connectivity index (χ2n) is 6.20. The number of cyclic esters (lactones) is 1. The Labute approximate surface area is 142 Å². The molecule has 0 N–H and O–H groups in total. The fourth-order valence-corrected chi connectivity index (χ4v) is 3.84. The smallest absolute Gasteiger partial charge is 0.416 e. The van der Waals surface area contributed by atoms with E-state index in [0.29, 0.717) is 6.61 Å². The Hall–Kier alpha value is -1.49. The molecule has 2 rings (SSSR count). The van der Waals surface area contributed by atoms with Crippen molar-refractivity contribution in [3.05, 3.63) is 35.9 Å². The monoisotopic (exact) mass is 335 g/mol. The Bertz CT molecular complexity index is 532. The molecule has 1 aliphatic rings. The van der Waals surface area contributed by atoms with Crippen LogP contribution in [0.2, 0.25) is 0 Å². The lowest BCUT2D eigenvalue weighted by molar-refractivity contribution is -0.133. The predicted molar refractivity (Wildman–Crippen MR) is 93.2 cm³/mol. The van der Waals surface area contributed by atoms with E-state index in [2.05, 4.69) is 12.1 Å². The predicted octanol–water partition coefficient (Wildman–Crippen LogP) is 3.95. The summed E-state index contributed by atoms with van der Waals surface area (Å²) in [4.78, 5) is 26.0. The van der Waals surface area contributed by atoms with Crippen molar-refractivity contribution in [1.29, 1.82) is 0 Å². The second-order valence-corrected chi connectivity index (χ2v) is 7.23. The van der Waals surface area contributed by atoms with Gasteiger partial charge in [0.25, 0.3) is 0 Å². The van der Waals surface area contributed by atoms with Crippen LogP contribution >= 0.6 is 11.8 Å². The largest absolute Gasteiger partial charge is 0.447 e. The van der Waals surface area contributed by atoms with Crippen LogP contribution in [0.5, 0.6) is 0 Å². The molecule has 0 bridgehead atoms. The van der Waals surface area contributed by atoms with Crippen LogP contribution in [0.15, 0.2) is 30.3 Å². The Kier molecular flexibility index (Phi) is 6.51. The lowest BCUT2D eigenvalue weighted by atomic mass is 10.0. The zero-order valence-corrected chi connectivity index (χ0v) is 14.8. The first-order chi connectivity index (χ1) is 11.0. The van der Waals surface area contributed by atoms with Gasteiger partial charge in [-0.2, -0.15) is 11.8 Å². The highest BCUT2D eigenvalue weighted by molar-refractivity contribution is 7.98. The standard InChI is InChI=1S/C18H25NO3S/c1-4-15(12-23-11-14-8-6-5-7-9-14)17(20)19-16(13(2)3)10-22-18(19)21/h5-9,13,15-16H,4,10-12H2,1-3H3. The summed E-state index contributed by atoms with van der Waals surface area (Å²) in [6.07, 6.45) is 0.245. The van der Waals surface area contributed by atoms with Crippen molar-refractivity contribution < 1.29 is 14.3 Å². The van der Waals surface area contributed by atoms with Crippen molar-refractivity contribution in [3.63, 3.8) is 0 Å². The number of imide groups is 1. The van der Waals surface area contributed by atoms with Crippen molar-refractivity contribution >= 4 is 23.8 Å². The van der Waals surface area contributed by atoms with E-state index >= 15 is 0 Å². The molecule has 1 saturated heterocycles. The first-order valence-corrected chi connectivity index (χ1v) is 9.31. The minimum absolute atomic E-state index is 0.0886. The molecule has 0 saturated carbocycles. The van der Waals surface area contributed by atoms with Gasteiger partial charge in [0.15, 0.2) is 0 Å². The SMILES string of the molecule is CCC(CSCc1ccccc1)C(=O)N1C(=O)OCC1C(C)C. The summed E-state index contributed by atoms with van der Waals surface area (Å²) in [6, 6.07) is 10.1. The average Bonchev–Trinajstić information content (AvgIpc) is 2.94. The maximum atomic E-state index is 12.8. The van der Waals surface area contributed by atoms with Crippen LogP contribution in [-0.4, -0.2) is 35.3 Å². The van der Waals surface area contributed by atoms with E-state index < -0.39 is 6.09 Å². The van der Waals surface area contributed by atoms with E-state index in [4.69, 9.17) is 4.74 Å². The summed E-state index contributed by atoms with van der Waals surface area (Å²) in [5.41, 5.74) is 1.25. The fourth-order valence-electron chi connectivity index (χ4n) is 2.63. The summed E-state index contributed by atoms with van der Waals surface area (Å²) < 4.78 is 5.09. The minimum atomic E-state index is -0.486. The Morgan fingerprint density at radius 2 is 2.04 bits per heavy atom. The molecule has 0 spiro atoms. The van der Waals surface area contributed by atoms with E-state index in [9.17, 15) is 9.59 Å². The van der Waals surface area contributed by atoms with E-state index in [1.165, 1.54) is 10.5 Å². The molecular weight excluding hydrogens is 310 g/mol. The number of hydrogen-bond donors (Lipinski definition) is 0. The van der Waals surface area contributed by atoms with Crippen molar-refractivity contribution in [1.82, 2.24) is 4.90 Å². The van der Waals surface area contributed by atoms with Crippen LogP contribution in [-0.2, 0) is 15.3 Å². The highest BCUT2D eigenvalue weighted by Gasteiger charge is 2.41. The van der Waals surface area contributed by atoms with Gasteiger partial charge >= 0.3 is 6.09 Å². The first-order valence-electron chi connectivity index (χ1n) is 8.16. The van der Waals surface area contributed by atoms with Crippen LogP contribution in [0.1, 0.15) is 32.8 Å². The van der Waals surface area contributed by atoms with Crippen molar-refractivity contribution in [2.45, 2.75) is 39.0 Å². The number of benzene rings is 1. The molecule has 1 aromatic rings. The van der Waals surface area contributed by atoms with Gasteiger partial charge in [-0.05, 0) is 17.9 Å². The molecule has 2 amide bonds. The summed E-state index contributed by atoms with van der Waals surface area (Å²) >= 11 is 1.74. The molecule has 23 heavy (non-hydrogen) atoms. The maximum Gasteiger partial charge on any atom is 0.416 e. The molecule has 0 aliphatic carbocycles. The van der Waals surface area contributed by atoms with Crippen LogP contribution in [0.3, 0.4) is 0 Å². The number of rotatable bonds is 7. The average molecular weight is 335 g/mol. The van der Waals surface area contributed by atoms with E-state index in [1.54, 1.807) is 11.8 Å². The Morgan fingerprint density at radius 3 is 2.65 bits per heavy atom. The Balaban J connectivity index is 1.94. The van der Waals surface area contributed by atoms with Crippen LogP contribution in [0, 0.1) is 11.8 Å². The lowest BCUT2D eigenvalue weighted by Gasteiger charge is -2.26. The molecule has 1 heterocycles. The normalized spacial score (nSPS) is 19.0. The molecule has 2 atom stereocenters. The van der Waals surface area contributed by atoms with E-state index in [0.717, 1.165) is 17.9 Å². The second kappa shape index (κ2) is 8.39. The Morgan fingerprint density at radius 1 is 1.35 bits per heavy atom. The van der Waals surface area contributed by atoms with Gasteiger partial charge < -0.3 is 4.74 Å². The number of carbonyl (C=O) groups is 2. The van der Waals surface area contributed by atoms with Gasteiger partial charge in [0, 0.05) is 17.4 Å². The van der Waals surface area contributed by atoms with Crippen LogP contribution in [0.4, 0.5) is 4.79 Å². The molecule has 0 radical (unpaired) electrons. The van der Waals surface area contributed by atoms with Gasteiger partial charge in [-0.25, -0.2) is 9.69 Å². The van der Waals surface area contributed by atoms with Crippen LogP contribution in [0.25, 0.3) is 0 Å². The number of thioether (sulfide) groups is 1. The summed E-state index contributed by atoms with van der Waals surface area (Å²) in [6.45, 7) is 6.34. The van der Waals surface area contributed by atoms with Crippen molar-refractivity contribution in [3.8, 4) is 0 Å². The van der Waals surface area contributed by atoms with Gasteiger partial charge in [-0.3, -0.25) is 4.79 Å². The van der Waals surface area contributed by atoms with Crippen molar-refractivity contribution in [2.75, 3.05) is 12.4 Å². The van der Waals surface area contributed by atoms with E-state index in [-0.39, 0.29) is 23.8 Å². The number of nitrogens with zero attached hydrogens (tertiary/aromatic N) is 1. The number of ether oxygens (including phenoxy) is 1. The van der Waals surface area contributed by atoms with Gasteiger partial charge in [-0.15, -0.1) is 0 Å². The minimum Gasteiger partial charge on any atom is -0.447 e. The fraction of sp³-hybridized carbons (Fsp3) is 0.556. The van der Waals surface area contributed by atoms with Crippen LogP contribution < -0.4 is 0 Å². The first kappa shape index (κ1) is 17.9. The van der Waals surface area contributed by atoms with Gasteiger partial charge in [0.2, 0.25) is 5.91 Å². The molecule has 1 aliphatic heterocycles. The third-order valence-corrected chi connectivity index (χ3v) is 5.36. The number of hydrogen-bond acceptors (Lipinski definition) is 4. The zero-order chi connectivity index (χ0) is 16.8. The maximum absolute atomic E-state index is 12.8. The molecule has 5 heteroatoms.